The lowest BCUT2D eigenvalue weighted by atomic mass is 9.98. The third-order valence-electron chi connectivity index (χ3n) is 3.62. The maximum Gasteiger partial charge on any atom is -0.00258 e. The zero-order valence-corrected chi connectivity index (χ0v) is 12.3. The average Bonchev–Trinajstić information content (AvgIpc) is 2.42. The maximum absolute atomic E-state index is 2.27. The van der Waals surface area contributed by atoms with Crippen molar-refractivity contribution in [1.82, 2.24) is 0 Å². The fraction of sp³-hybridized carbons (Fsp3) is 0.368. The van der Waals surface area contributed by atoms with E-state index in [2.05, 4.69) is 69.3 Å². The van der Waals surface area contributed by atoms with Crippen LogP contribution in [0.15, 0.2) is 48.5 Å². The SMILES string of the molecule is CCCc1ccc(Cc2ccc(C(C)C)cc2)cc1. The van der Waals surface area contributed by atoms with Gasteiger partial charge in [-0.15, -0.1) is 0 Å². The Hall–Kier alpha value is -1.56. The summed E-state index contributed by atoms with van der Waals surface area (Å²) in [5.74, 6) is 0.613. The standard InChI is InChI=1S/C19H24/c1-4-5-16-6-8-17(9-7-16)14-18-10-12-19(13-11-18)15(2)3/h6-13,15H,4-5,14H2,1-3H3. The second kappa shape index (κ2) is 6.56. The van der Waals surface area contributed by atoms with E-state index < -0.39 is 0 Å². The van der Waals surface area contributed by atoms with Gasteiger partial charge in [0.1, 0.15) is 0 Å². The highest BCUT2D eigenvalue weighted by molar-refractivity contribution is 5.31. The summed E-state index contributed by atoms with van der Waals surface area (Å²) in [5.41, 5.74) is 5.66. The molecule has 0 amide bonds. The molecule has 100 valence electrons. The van der Waals surface area contributed by atoms with Gasteiger partial charge in [-0.25, -0.2) is 0 Å². The Labute approximate surface area is 117 Å². The first-order valence-electron chi connectivity index (χ1n) is 7.35. The van der Waals surface area contributed by atoms with Crippen LogP contribution in [0.4, 0.5) is 0 Å². The van der Waals surface area contributed by atoms with Crippen molar-refractivity contribution in [2.24, 2.45) is 0 Å². The van der Waals surface area contributed by atoms with Crippen LogP contribution in [0.5, 0.6) is 0 Å². The van der Waals surface area contributed by atoms with Gasteiger partial charge in [-0.1, -0.05) is 75.7 Å². The maximum atomic E-state index is 2.27. The van der Waals surface area contributed by atoms with E-state index in [1.54, 1.807) is 0 Å². The Morgan fingerprint density at radius 1 is 0.737 bits per heavy atom. The number of hydrogen-bond donors (Lipinski definition) is 0. The third-order valence-corrected chi connectivity index (χ3v) is 3.62. The van der Waals surface area contributed by atoms with Crippen molar-refractivity contribution in [2.45, 2.75) is 46.0 Å². The van der Waals surface area contributed by atoms with E-state index >= 15 is 0 Å². The largest absolute Gasteiger partial charge is 0.0651 e. The van der Waals surface area contributed by atoms with Crippen molar-refractivity contribution in [3.05, 3.63) is 70.8 Å². The molecule has 0 N–H and O–H groups in total. The van der Waals surface area contributed by atoms with Gasteiger partial charge in [-0.05, 0) is 41.0 Å². The van der Waals surface area contributed by atoms with Crippen LogP contribution in [-0.4, -0.2) is 0 Å². The lowest BCUT2D eigenvalue weighted by molar-refractivity contribution is 0.865. The second-order valence-electron chi connectivity index (χ2n) is 5.64. The molecule has 0 aliphatic rings. The van der Waals surface area contributed by atoms with Crippen molar-refractivity contribution < 1.29 is 0 Å². The molecule has 2 aromatic rings. The second-order valence-corrected chi connectivity index (χ2v) is 5.64. The highest BCUT2D eigenvalue weighted by atomic mass is 14.1. The summed E-state index contributed by atoms with van der Waals surface area (Å²) in [6.45, 7) is 6.70. The molecule has 19 heavy (non-hydrogen) atoms. The molecule has 0 heterocycles. The first-order valence-corrected chi connectivity index (χ1v) is 7.35. The van der Waals surface area contributed by atoms with Crippen molar-refractivity contribution in [3.8, 4) is 0 Å². The summed E-state index contributed by atoms with van der Waals surface area (Å²) in [5, 5.41) is 0. The summed E-state index contributed by atoms with van der Waals surface area (Å²) in [6, 6.07) is 18.1. The minimum atomic E-state index is 0.613. The number of aryl methyl sites for hydroxylation is 1. The van der Waals surface area contributed by atoms with Gasteiger partial charge in [0.15, 0.2) is 0 Å². The molecular formula is C19H24. The van der Waals surface area contributed by atoms with Gasteiger partial charge in [0.05, 0.1) is 0 Å². The zero-order chi connectivity index (χ0) is 13.7. The van der Waals surface area contributed by atoms with Crippen LogP contribution in [0.1, 0.15) is 55.4 Å². The average molecular weight is 252 g/mol. The molecule has 0 fully saturated rings. The molecule has 0 saturated carbocycles. The van der Waals surface area contributed by atoms with Crippen molar-refractivity contribution >= 4 is 0 Å². The minimum absolute atomic E-state index is 0.613. The van der Waals surface area contributed by atoms with Gasteiger partial charge in [-0.2, -0.15) is 0 Å². The fourth-order valence-electron chi connectivity index (χ4n) is 2.37. The molecule has 0 bridgehead atoms. The Morgan fingerprint density at radius 2 is 1.21 bits per heavy atom. The molecule has 0 saturated heterocycles. The lowest BCUT2D eigenvalue weighted by Gasteiger charge is -2.07. The topological polar surface area (TPSA) is 0 Å². The van der Waals surface area contributed by atoms with Crippen LogP contribution in [0.2, 0.25) is 0 Å². The quantitative estimate of drug-likeness (QED) is 0.672. The minimum Gasteiger partial charge on any atom is -0.0651 e. The van der Waals surface area contributed by atoms with Crippen molar-refractivity contribution in [1.29, 1.82) is 0 Å². The Bertz CT molecular complexity index is 489. The van der Waals surface area contributed by atoms with Gasteiger partial charge in [0.2, 0.25) is 0 Å². The van der Waals surface area contributed by atoms with Gasteiger partial charge >= 0.3 is 0 Å². The highest BCUT2D eigenvalue weighted by Gasteiger charge is 2.00. The predicted octanol–water partition coefficient (Wildman–Crippen LogP) is 5.35. The van der Waals surface area contributed by atoms with Crippen molar-refractivity contribution in [2.75, 3.05) is 0 Å². The Kier molecular flexibility index (Phi) is 4.79. The molecule has 0 radical (unpaired) electrons. The fourth-order valence-corrected chi connectivity index (χ4v) is 2.37. The summed E-state index contributed by atoms with van der Waals surface area (Å²) in [6.07, 6.45) is 3.43. The highest BCUT2D eigenvalue weighted by Crippen LogP contribution is 2.17. The Balaban J connectivity index is 2.04. The molecule has 2 aromatic carbocycles. The molecule has 0 heteroatoms. The van der Waals surface area contributed by atoms with Crippen LogP contribution in [0, 0.1) is 0 Å². The normalized spacial score (nSPS) is 10.9. The summed E-state index contributed by atoms with van der Waals surface area (Å²) < 4.78 is 0. The molecule has 0 aliphatic carbocycles. The molecule has 0 atom stereocenters. The monoisotopic (exact) mass is 252 g/mol. The van der Waals surface area contributed by atoms with E-state index in [0.29, 0.717) is 5.92 Å². The number of rotatable bonds is 5. The molecule has 0 unspecified atom stereocenters. The van der Waals surface area contributed by atoms with Gasteiger partial charge in [0.25, 0.3) is 0 Å². The van der Waals surface area contributed by atoms with Crippen LogP contribution in [-0.2, 0) is 12.8 Å². The smallest absolute Gasteiger partial charge is 0.00258 e. The molecule has 2 rings (SSSR count). The number of benzene rings is 2. The first-order chi connectivity index (χ1) is 9.19. The summed E-state index contributed by atoms with van der Waals surface area (Å²) in [4.78, 5) is 0. The molecule has 0 spiro atoms. The Morgan fingerprint density at radius 3 is 1.68 bits per heavy atom. The number of hydrogen-bond acceptors (Lipinski definition) is 0. The predicted molar refractivity (Wildman–Crippen MR) is 83.8 cm³/mol. The van der Waals surface area contributed by atoms with Crippen molar-refractivity contribution in [3.63, 3.8) is 0 Å². The van der Waals surface area contributed by atoms with E-state index in [4.69, 9.17) is 0 Å². The van der Waals surface area contributed by atoms with E-state index in [1.807, 2.05) is 0 Å². The van der Waals surface area contributed by atoms with Crippen LogP contribution in [0.3, 0.4) is 0 Å². The summed E-state index contributed by atoms with van der Waals surface area (Å²) in [7, 11) is 0. The lowest BCUT2D eigenvalue weighted by Crippen LogP contribution is -1.92. The zero-order valence-electron chi connectivity index (χ0n) is 12.3. The van der Waals surface area contributed by atoms with Gasteiger partial charge < -0.3 is 0 Å². The van der Waals surface area contributed by atoms with Gasteiger partial charge in [-0.3, -0.25) is 0 Å². The first kappa shape index (κ1) is 13.9. The third kappa shape index (κ3) is 3.96. The molecule has 0 nitrogen and oxygen atoms in total. The molecular weight excluding hydrogens is 228 g/mol. The van der Waals surface area contributed by atoms with Crippen LogP contribution >= 0.6 is 0 Å². The molecule has 0 aliphatic heterocycles. The van der Waals surface area contributed by atoms with Gasteiger partial charge in [0, 0.05) is 0 Å². The van der Waals surface area contributed by atoms with E-state index in [1.165, 1.54) is 35.1 Å². The van der Waals surface area contributed by atoms with E-state index in [-0.39, 0.29) is 0 Å². The van der Waals surface area contributed by atoms with Crippen LogP contribution < -0.4 is 0 Å². The molecule has 0 aromatic heterocycles. The van der Waals surface area contributed by atoms with E-state index in [0.717, 1.165) is 6.42 Å². The summed E-state index contributed by atoms with van der Waals surface area (Å²) >= 11 is 0. The van der Waals surface area contributed by atoms with Crippen LogP contribution in [0.25, 0.3) is 0 Å². The van der Waals surface area contributed by atoms with E-state index in [9.17, 15) is 0 Å².